The molecule has 0 spiro atoms. The van der Waals surface area contributed by atoms with Crippen LogP contribution in [0.1, 0.15) is 112 Å². The number of nitrogens with one attached hydrogen (secondary N) is 4. The maximum Gasteiger partial charge on any atom is 0.246 e. The van der Waals surface area contributed by atoms with Crippen LogP contribution in [0.15, 0.2) is 30.3 Å². The first-order valence-electron chi connectivity index (χ1n) is 27.6. The van der Waals surface area contributed by atoms with Crippen LogP contribution >= 0.6 is 0 Å². The van der Waals surface area contributed by atoms with Crippen LogP contribution in [0.2, 0.25) is 0 Å². The summed E-state index contributed by atoms with van der Waals surface area (Å²) in [5.41, 5.74) is 0.643. The first-order chi connectivity index (χ1) is 36.1. The summed E-state index contributed by atoms with van der Waals surface area (Å²) in [5.74, 6) is -7.70. The van der Waals surface area contributed by atoms with Crippen molar-refractivity contribution in [2.24, 2.45) is 23.7 Å². The van der Waals surface area contributed by atoms with Gasteiger partial charge in [0.2, 0.25) is 59.1 Å². The molecule has 10 amide bonds. The number of fused-ring (bicyclic) bond motifs is 3. The first kappa shape index (κ1) is 59.1. The summed E-state index contributed by atoms with van der Waals surface area (Å²) in [5, 5.41) is 11.5. The fourth-order valence-corrected chi connectivity index (χ4v) is 11.5. The number of hydrogen-bond acceptors (Lipinski definition) is 11. The van der Waals surface area contributed by atoms with Gasteiger partial charge in [-0.15, -0.1) is 0 Å². The Labute approximate surface area is 448 Å². The highest BCUT2D eigenvalue weighted by molar-refractivity contribution is 6.03. The Morgan fingerprint density at radius 3 is 1.41 bits per heavy atom. The number of carbonyl (C=O) groups is 10. The van der Waals surface area contributed by atoms with E-state index in [1.165, 1.54) is 33.7 Å². The number of amides is 10. The number of hydrogen-bond donors (Lipinski definition) is 4. The predicted octanol–water partition coefficient (Wildman–Crippen LogP) is 1.07. The smallest absolute Gasteiger partial charge is 0.246 e. The molecule has 5 aliphatic rings. The van der Waals surface area contributed by atoms with Crippen molar-refractivity contribution in [3.8, 4) is 0 Å². The van der Waals surface area contributed by atoms with Crippen molar-refractivity contribution in [3.63, 3.8) is 0 Å². The number of carbonyl (C=O) groups excluding carboxylic acids is 10. The second-order valence-corrected chi connectivity index (χ2v) is 22.7. The van der Waals surface area contributed by atoms with Gasteiger partial charge in [-0.25, -0.2) is 0 Å². The van der Waals surface area contributed by atoms with E-state index in [9.17, 15) is 19.2 Å². The molecule has 76 heavy (non-hydrogen) atoms. The zero-order chi connectivity index (χ0) is 55.5. The van der Waals surface area contributed by atoms with Crippen molar-refractivity contribution in [1.29, 1.82) is 0 Å². The predicted molar refractivity (Wildman–Crippen MR) is 281 cm³/mol. The van der Waals surface area contributed by atoms with E-state index in [-0.39, 0.29) is 82.0 Å². The van der Waals surface area contributed by atoms with Crippen molar-refractivity contribution in [1.82, 2.24) is 50.7 Å². The fraction of sp³-hybridized carbons (Fsp3) is 0.709. The number of nitrogens with zero attached hydrogens (tertiary/aromatic N) is 6. The van der Waals surface area contributed by atoms with E-state index in [0.29, 0.717) is 50.9 Å². The lowest BCUT2D eigenvalue weighted by Gasteiger charge is -2.42. The molecule has 0 bridgehead atoms. The topological polar surface area (TPSA) is 247 Å². The van der Waals surface area contributed by atoms with Gasteiger partial charge in [0.05, 0.1) is 13.1 Å². The lowest BCUT2D eigenvalue weighted by molar-refractivity contribution is -0.155. The van der Waals surface area contributed by atoms with Crippen molar-refractivity contribution in [3.05, 3.63) is 35.9 Å². The summed E-state index contributed by atoms with van der Waals surface area (Å²) in [7, 11) is 2.57. The van der Waals surface area contributed by atoms with E-state index in [4.69, 9.17) is 4.74 Å². The van der Waals surface area contributed by atoms with Gasteiger partial charge in [0, 0.05) is 59.9 Å². The molecule has 0 saturated carbocycles. The highest BCUT2D eigenvalue weighted by atomic mass is 16.5. The summed E-state index contributed by atoms with van der Waals surface area (Å²) in [4.78, 5) is 158. The first-order valence-corrected chi connectivity index (χ1v) is 27.6. The Hall–Kier alpha value is -6.12. The molecule has 420 valence electrons. The molecule has 5 fully saturated rings. The Morgan fingerprint density at radius 2 is 0.947 bits per heavy atom. The van der Waals surface area contributed by atoms with Gasteiger partial charge in [0.15, 0.2) is 0 Å². The molecule has 6 rings (SSSR count). The summed E-state index contributed by atoms with van der Waals surface area (Å²) in [6, 6.07) is -2.29. The van der Waals surface area contributed by atoms with Crippen LogP contribution in [-0.4, -0.2) is 203 Å². The van der Waals surface area contributed by atoms with E-state index in [1.807, 2.05) is 41.5 Å². The van der Waals surface area contributed by atoms with Crippen LogP contribution in [0, 0.1) is 23.7 Å². The third kappa shape index (κ3) is 14.7. The van der Waals surface area contributed by atoms with E-state index >= 15 is 28.8 Å². The van der Waals surface area contributed by atoms with Crippen LogP contribution in [0.4, 0.5) is 0 Å². The molecular formula is C55H84N10O11. The lowest BCUT2D eigenvalue weighted by Crippen LogP contribution is -2.69. The molecule has 5 aliphatic heterocycles. The monoisotopic (exact) mass is 1060 g/mol. The summed E-state index contributed by atoms with van der Waals surface area (Å²) < 4.78 is 5.60. The second-order valence-electron chi connectivity index (χ2n) is 22.7. The van der Waals surface area contributed by atoms with Crippen LogP contribution in [0.3, 0.4) is 0 Å². The molecule has 21 heteroatoms. The molecule has 5 heterocycles. The van der Waals surface area contributed by atoms with Crippen LogP contribution < -0.4 is 21.3 Å². The van der Waals surface area contributed by atoms with Gasteiger partial charge in [0.25, 0.3) is 0 Å². The standard InChI is InChI=1S/C55H84N10O11/c1-10-62-31-44(66)56-38(26-33(2)3)50(70)60(8)46-47(49(69)59-41(29-36-16-12-11-13-17-36)53(73)64-22-14-18-42(64)54(62)74)61(9)51(71)39(27-34(4)5)57-45(67)32-63(30-37-20-24-76-25-21-37)55(75)43-19-15-23-65(43)52(72)40(28-35(6)7)58-48(46)68/h11-13,16-17,33-35,37-43,46-47H,10,14-15,18-32H2,1-9H3,(H,56,66)(H,57,67)(H,58,68)(H,59,69)/t38-,39-,40-,41-,42+,43+,46-,47?/m0/s1. The van der Waals surface area contributed by atoms with Gasteiger partial charge in [-0.1, -0.05) is 71.9 Å². The van der Waals surface area contributed by atoms with Gasteiger partial charge in [0.1, 0.15) is 48.3 Å². The minimum Gasteiger partial charge on any atom is -0.381 e. The zero-order valence-electron chi connectivity index (χ0n) is 46.2. The minimum atomic E-state index is -1.96. The van der Waals surface area contributed by atoms with Crippen LogP contribution in [-0.2, 0) is 59.1 Å². The normalized spacial score (nSPS) is 28.0. The van der Waals surface area contributed by atoms with E-state index in [0.717, 1.165) is 9.80 Å². The molecule has 0 radical (unpaired) electrons. The van der Waals surface area contributed by atoms with E-state index < -0.39 is 120 Å². The minimum absolute atomic E-state index is 0.00141. The van der Waals surface area contributed by atoms with Crippen LogP contribution in [0.25, 0.3) is 0 Å². The van der Waals surface area contributed by atoms with Crippen molar-refractivity contribution in [2.75, 3.05) is 66.6 Å². The maximum absolute atomic E-state index is 15.8. The largest absolute Gasteiger partial charge is 0.381 e. The molecule has 1 aromatic carbocycles. The molecule has 0 aliphatic carbocycles. The molecular weight excluding hydrogens is 977 g/mol. The van der Waals surface area contributed by atoms with Gasteiger partial charge >= 0.3 is 0 Å². The van der Waals surface area contributed by atoms with Crippen molar-refractivity contribution < 1.29 is 52.7 Å². The average molecular weight is 1060 g/mol. The quantitative estimate of drug-likeness (QED) is 0.244. The summed E-state index contributed by atoms with van der Waals surface area (Å²) in [6.45, 7) is 13.6. The van der Waals surface area contributed by atoms with Crippen molar-refractivity contribution in [2.45, 2.75) is 161 Å². The average Bonchev–Trinajstić information content (AvgIpc) is 4.08. The Kier molecular flexibility index (Phi) is 20.8. The fourth-order valence-electron chi connectivity index (χ4n) is 11.5. The number of rotatable bonds is 11. The molecule has 4 N–H and O–H groups in total. The third-order valence-corrected chi connectivity index (χ3v) is 15.4. The summed E-state index contributed by atoms with van der Waals surface area (Å²) in [6.07, 6.45) is 2.92. The molecule has 1 unspecified atom stereocenters. The number of likely N-dealkylation sites (N-methyl/N-ethyl adjacent to an activating group) is 3. The Morgan fingerprint density at radius 1 is 0.526 bits per heavy atom. The van der Waals surface area contributed by atoms with Crippen molar-refractivity contribution >= 4 is 59.1 Å². The molecule has 1 aromatic rings. The van der Waals surface area contributed by atoms with Gasteiger partial charge < -0.3 is 55.4 Å². The van der Waals surface area contributed by atoms with Gasteiger partial charge in [-0.3, -0.25) is 47.9 Å². The Balaban J connectivity index is 1.56. The molecule has 5 saturated heterocycles. The van der Waals surface area contributed by atoms with E-state index in [2.05, 4.69) is 21.3 Å². The number of benzene rings is 1. The van der Waals surface area contributed by atoms with Crippen LogP contribution in [0.5, 0.6) is 0 Å². The highest BCUT2D eigenvalue weighted by Gasteiger charge is 2.50. The molecule has 0 aromatic heterocycles. The zero-order valence-corrected chi connectivity index (χ0v) is 46.2. The maximum atomic E-state index is 15.8. The van der Waals surface area contributed by atoms with Gasteiger partial charge in [-0.2, -0.15) is 0 Å². The molecule has 21 nitrogen and oxygen atoms in total. The number of ether oxygens (including phenoxy) is 1. The second kappa shape index (κ2) is 26.8. The third-order valence-electron chi connectivity index (χ3n) is 15.4. The van der Waals surface area contributed by atoms with E-state index in [1.54, 1.807) is 37.3 Å². The lowest BCUT2D eigenvalue weighted by atomic mass is 9.95. The van der Waals surface area contributed by atoms with Gasteiger partial charge in [-0.05, 0) is 93.9 Å². The summed E-state index contributed by atoms with van der Waals surface area (Å²) >= 11 is 0. The molecule has 8 atom stereocenters. The SMILES string of the molecule is CCN1CC(=O)N[C@@H](CC(C)C)C(=O)N(C)[C@@H]2C(=O)N[C@@H](CC(C)C)C(=O)N3CCC[C@@H]3C(=O)N(CC3CCOCC3)CC(=O)N[C@@H](CC(C)C)C(=O)N(C)C2C(=O)N[C@@H](Cc2ccccc2)C(=O)N2CCC[C@@H]2C1=O. The Bertz CT molecular complexity index is 2270. The highest BCUT2D eigenvalue weighted by Crippen LogP contribution is 2.27.